The molecule has 1 atom stereocenters. The summed E-state index contributed by atoms with van der Waals surface area (Å²) in [6, 6.07) is 5.44. The van der Waals surface area contributed by atoms with Crippen molar-refractivity contribution < 1.29 is 45.6 Å². The van der Waals surface area contributed by atoms with Crippen molar-refractivity contribution in [1.29, 1.82) is 0 Å². The van der Waals surface area contributed by atoms with Crippen LogP contribution in [0.5, 0.6) is 0 Å². The summed E-state index contributed by atoms with van der Waals surface area (Å²) in [6.45, 7) is 21.0. The van der Waals surface area contributed by atoms with Crippen molar-refractivity contribution in [3.63, 3.8) is 0 Å². The number of nitro groups is 1. The number of rotatable bonds is 10. The van der Waals surface area contributed by atoms with Gasteiger partial charge in [-0.2, -0.15) is 6.42 Å². The van der Waals surface area contributed by atoms with Gasteiger partial charge in [0, 0.05) is 43.2 Å². The van der Waals surface area contributed by atoms with E-state index in [2.05, 4.69) is 48.5 Å². The SMILES string of the molecule is CC.CCCC.CCCCCC(C)CC.O=C(OC1CCC1)c1ccc([N+](=O)[O-])cc1.[CH2-]CCC.[U]. The van der Waals surface area contributed by atoms with Gasteiger partial charge in [0.05, 0.1) is 10.5 Å². The summed E-state index contributed by atoms with van der Waals surface area (Å²) in [5.41, 5.74) is 0.331. The van der Waals surface area contributed by atoms with Gasteiger partial charge in [-0.1, -0.05) is 107 Å². The molecule has 0 aliphatic heterocycles. The molecule has 6 heteroatoms. The number of esters is 1. The van der Waals surface area contributed by atoms with Gasteiger partial charge in [-0.05, 0) is 37.3 Å². The second kappa shape index (κ2) is 32.2. The Hall–Kier alpha value is -0.858. The number of carbonyl (C=O) groups excluding carboxylic acids is 1. The first kappa shape index (κ1) is 42.2. The van der Waals surface area contributed by atoms with E-state index in [1.807, 2.05) is 13.8 Å². The summed E-state index contributed by atoms with van der Waals surface area (Å²) >= 11 is 0. The van der Waals surface area contributed by atoms with Crippen molar-refractivity contribution in [2.24, 2.45) is 5.92 Å². The smallest absolute Gasteiger partial charge is 0.338 e. The molecule has 1 aromatic rings. The predicted molar refractivity (Wildman–Crippen MR) is 152 cm³/mol. The maximum Gasteiger partial charge on any atom is 0.338 e. The number of unbranched alkanes of at least 4 members (excludes halogenated alkanes) is 4. The average Bonchev–Trinajstić information content (AvgIpc) is 2.88. The zero-order valence-electron chi connectivity index (χ0n) is 24.7. The largest absolute Gasteiger partial charge is 0.459 e. The van der Waals surface area contributed by atoms with Crippen molar-refractivity contribution in [2.45, 2.75) is 139 Å². The molecule has 2 rings (SSSR count). The van der Waals surface area contributed by atoms with Crippen LogP contribution in [0.1, 0.15) is 143 Å². The number of nitro benzene ring substituents is 1. The van der Waals surface area contributed by atoms with Crippen LogP contribution in [-0.2, 0) is 4.74 Å². The molecule has 0 radical (unpaired) electrons. The van der Waals surface area contributed by atoms with Gasteiger partial charge in [0.1, 0.15) is 6.10 Å². The quantitative estimate of drug-likeness (QED) is 0.0790. The van der Waals surface area contributed by atoms with E-state index < -0.39 is 10.9 Å². The molecule has 0 heterocycles. The third-order valence-corrected chi connectivity index (χ3v) is 5.49. The molecule has 1 aliphatic rings. The monoisotopic (exact) mass is 732 g/mol. The maximum absolute atomic E-state index is 11.5. The predicted octanol–water partition coefficient (Wildman–Crippen LogP) is 10.4. The van der Waals surface area contributed by atoms with Crippen LogP contribution in [0.4, 0.5) is 5.69 Å². The molecule has 0 amide bonds. The fraction of sp³-hybridized carbons (Fsp3) is 0.733. The van der Waals surface area contributed by atoms with Crippen LogP contribution in [0, 0.1) is 54.1 Å². The van der Waals surface area contributed by atoms with Gasteiger partial charge in [-0.25, -0.2) is 4.79 Å². The van der Waals surface area contributed by atoms with Crippen molar-refractivity contribution in [3.05, 3.63) is 46.9 Å². The van der Waals surface area contributed by atoms with Crippen LogP contribution in [0.3, 0.4) is 0 Å². The third kappa shape index (κ3) is 26.2. The van der Waals surface area contributed by atoms with E-state index in [0.29, 0.717) is 5.56 Å². The Kier molecular flexibility index (Phi) is 37.7. The van der Waals surface area contributed by atoms with Crippen molar-refractivity contribution >= 4 is 11.7 Å². The third-order valence-electron chi connectivity index (χ3n) is 5.49. The van der Waals surface area contributed by atoms with Gasteiger partial charge in [0.15, 0.2) is 0 Å². The molecule has 0 N–H and O–H groups in total. The van der Waals surface area contributed by atoms with Crippen molar-refractivity contribution in [2.75, 3.05) is 0 Å². The number of benzene rings is 1. The molecule has 1 aromatic carbocycles. The molecular weight excluding hydrogens is 676 g/mol. The van der Waals surface area contributed by atoms with Gasteiger partial charge in [-0.15, -0.1) is 0 Å². The van der Waals surface area contributed by atoms with E-state index >= 15 is 0 Å². The number of non-ortho nitro benzene ring substituents is 1. The molecule has 210 valence electrons. The van der Waals surface area contributed by atoms with E-state index in [1.54, 1.807) is 0 Å². The fourth-order valence-corrected chi connectivity index (χ4v) is 2.37. The Bertz CT molecular complexity index is 581. The van der Waals surface area contributed by atoms with Crippen molar-refractivity contribution in [1.82, 2.24) is 0 Å². The first-order valence-electron chi connectivity index (χ1n) is 14.0. The number of ether oxygens (including phenoxy) is 1. The molecule has 0 bridgehead atoms. The molecule has 0 saturated heterocycles. The van der Waals surface area contributed by atoms with E-state index in [1.165, 1.54) is 75.6 Å². The number of hydrogen-bond donors (Lipinski definition) is 0. The standard InChI is InChI=1S/C11H11NO4.C9H20.C4H10.C4H9.C2H6.U/c13-11(16-10-2-1-3-10)8-4-6-9(7-5-8)12(14)15;1-4-6-7-8-9(3)5-2;2*1-3-4-2;1-2;/h4-7,10H,1-3H2;9H,4-8H2,1-3H3;3-4H2,1-2H3;1,3-4H2,2H3;1-2H3;/q;;;-1;;. The minimum absolute atomic E-state index is 0. The number of hydrogen-bond acceptors (Lipinski definition) is 4. The zero-order chi connectivity index (χ0) is 27.5. The second-order valence-corrected chi connectivity index (χ2v) is 8.62. The average molecular weight is 733 g/mol. The molecule has 0 aromatic heterocycles. The Morgan fingerprint density at radius 1 is 1.00 bits per heavy atom. The van der Waals surface area contributed by atoms with Crippen LogP contribution in [0.25, 0.3) is 0 Å². The summed E-state index contributed by atoms with van der Waals surface area (Å²) in [5.74, 6) is 0.552. The van der Waals surface area contributed by atoms with Gasteiger partial charge in [0.2, 0.25) is 0 Å². The topological polar surface area (TPSA) is 69.4 Å². The van der Waals surface area contributed by atoms with Crippen LogP contribution < -0.4 is 0 Å². The van der Waals surface area contributed by atoms with Gasteiger partial charge in [0.25, 0.3) is 5.69 Å². The molecular formula is C30H56NO4U-. The molecule has 0 spiro atoms. The summed E-state index contributed by atoms with van der Waals surface area (Å²) in [7, 11) is 0. The summed E-state index contributed by atoms with van der Waals surface area (Å²) < 4.78 is 5.16. The molecule has 1 saturated carbocycles. The zero-order valence-corrected chi connectivity index (χ0v) is 28.9. The normalized spacial score (nSPS) is 12.0. The van der Waals surface area contributed by atoms with Crippen LogP contribution in [0.15, 0.2) is 24.3 Å². The second-order valence-electron chi connectivity index (χ2n) is 8.62. The van der Waals surface area contributed by atoms with E-state index in [0.717, 1.165) is 31.6 Å². The van der Waals surface area contributed by atoms with Crippen LogP contribution in [0.2, 0.25) is 0 Å². The Morgan fingerprint density at radius 2 is 1.50 bits per heavy atom. The number of carbonyl (C=O) groups is 1. The van der Waals surface area contributed by atoms with Gasteiger partial charge in [-0.3, -0.25) is 10.1 Å². The number of nitrogens with zero attached hydrogens (tertiary/aromatic N) is 1. The Morgan fingerprint density at radius 3 is 1.81 bits per heavy atom. The summed E-state index contributed by atoms with van der Waals surface area (Å²) in [6.07, 6.45) is 14.9. The molecule has 1 unspecified atom stereocenters. The summed E-state index contributed by atoms with van der Waals surface area (Å²) in [5, 5.41) is 10.4. The van der Waals surface area contributed by atoms with Gasteiger partial charge < -0.3 is 11.7 Å². The van der Waals surface area contributed by atoms with Crippen LogP contribution in [-0.4, -0.2) is 17.0 Å². The Balaban J connectivity index is -0.000000218. The Labute approximate surface area is 247 Å². The van der Waals surface area contributed by atoms with E-state index in [-0.39, 0.29) is 42.9 Å². The molecule has 36 heavy (non-hydrogen) atoms. The van der Waals surface area contributed by atoms with Gasteiger partial charge >= 0.3 is 5.97 Å². The maximum atomic E-state index is 11.5. The first-order chi connectivity index (χ1) is 16.8. The fourth-order valence-electron chi connectivity index (χ4n) is 2.37. The van der Waals surface area contributed by atoms with Crippen LogP contribution >= 0.6 is 0 Å². The molecule has 1 fully saturated rings. The summed E-state index contributed by atoms with van der Waals surface area (Å²) in [4.78, 5) is 21.4. The minimum atomic E-state index is -0.499. The minimum Gasteiger partial charge on any atom is -0.459 e. The molecule has 1 aliphatic carbocycles. The molecule has 5 nitrogen and oxygen atoms in total. The van der Waals surface area contributed by atoms with E-state index in [9.17, 15) is 14.9 Å². The van der Waals surface area contributed by atoms with E-state index in [4.69, 9.17) is 4.74 Å². The van der Waals surface area contributed by atoms with Crippen molar-refractivity contribution in [3.8, 4) is 0 Å². The first-order valence-corrected chi connectivity index (χ1v) is 14.0.